The molecule has 0 aliphatic carbocycles. The molecule has 31 heavy (non-hydrogen) atoms. The minimum Gasteiger partial charge on any atom is -0.321 e. The molecule has 0 radical (unpaired) electrons. The molecule has 0 heterocycles. The van der Waals surface area contributed by atoms with E-state index in [1.807, 2.05) is 6.92 Å². The number of anilines is 2. The molecule has 1 N–H and O–H groups in total. The standard InChI is InChI=1S/C22H20F2N2O3S2/c1-15-7-13-18(14-8-15)31(28,29)26(2)17-11-9-16(10-12-17)21(27)25-19-5-3-4-6-20(19)30-22(23)24/h3-14,22H,1-2H3,(H,25,27). The van der Waals surface area contributed by atoms with Crippen LogP contribution in [0, 0.1) is 6.92 Å². The summed E-state index contributed by atoms with van der Waals surface area (Å²) in [4.78, 5) is 13.0. The number of carbonyl (C=O) groups excluding carboxylic acids is 1. The molecule has 0 saturated heterocycles. The summed E-state index contributed by atoms with van der Waals surface area (Å²) in [7, 11) is -2.32. The van der Waals surface area contributed by atoms with Crippen molar-refractivity contribution in [1.29, 1.82) is 0 Å². The van der Waals surface area contributed by atoms with Gasteiger partial charge in [0.25, 0.3) is 21.7 Å². The first kappa shape index (κ1) is 22.8. The number of nitrogens with one attached hydrogen (secondary N) is 1. The van der Waals surface area contributed by atoms with Gasteiger partial charge in [0.15, 0.2) is 0 Å². The number of hydrogen-bond acceptors (Lipinski definition) is 4. The Labute approximate surface area is 184 Å². The van der Waals surface area contributed by atoms with Crippen molar-refractivity contribution in [3.63, 3.8) is 0 Å². The summed E-state index contributed by atoms with van der Waals surface area (Å²) in [6.07, 6.45) is 0. The Bertz CT molecular complexity index is 1170. The fourth-order valence-electron chi connectivity index (χ4n) is 2.79. The molecule has 0 unspecified atom stereocenters. The van der Waals surface area contributed by atoms with Crippen LogP contribution in [0.4, 0.5) is 20.2 Å². The van der Waals surface area contributed by atoms with Crippen molar-refractivity contribution in [3.05, 3.63) is 83.9 Å². The van der Waals surface area contributed by atoms with E-state index in [0.29, 0.717) is 17.4 Å². The van der Waals surface area contributed by atoms with Crippen molar-refractivity contribution in [3.8, 4) is 0 Å². The zero-order valence-electron chi connectivity index (χ0n) is 16.7. The van der Waals surface area contributed by atoms with Crippen LogP contribution in [0.15, 0.2) is 82.6 Å². The molecule has 0 fully saturated rings. The lowest BCUT2D eigenvalue weighted by atomic mass is 10.2. The predicted molar refractivity (Wildman–Crippen MR) is 119 cm³/mol. The number of sulfonamides is 1. The average molecular weight is 463 g/mol. The highest BCUT2D eigenvalue weighted by Crippen LogP contribution is 2.32. The van der Waals surface area contributed by atoms with Crippen molar-refractivity contribution in [2.24, 2.45) is 0 Å². The predicted octanol–water partition coefficient (Wildman–Crippen LogP) is 5.39. The Kier molecular flexibility index (Phi) is 6.97. The third-order valence-electron chi connectivity index (χ3n) is 4.52. The lowest BCUT2D eigenvalue weighted by Gasteiger charge is -2.20. The lowest BCUT2D eigenvalue weighted by molar-refractivity contribution is 0.102. The Morgan fingerprint density at radius 3 is 2.19 bits per heavy atom. The van der Waals surface area contributed by atoms with Crippen LogP contribution in [0.2, 0.25) is 0 Å². The number of amides is 1. The van der Waals surface area contributed by atoms with Crippen molar-refractivity contribution in [1.82, 2.24) is 0 Å². The van der Waals surface area contributed by atoms with Crippen molar-refractivity contribution in [2.45, 2.75) is 22.5 Å². The monoisotopic (exact) mass is 462 g/mol. The summed E-state index contributed by atoms with van der Waals surface area (Å²) in [5.74, 6) is -3.10. The largest absolute Gasteiger partial charge is 0.321 e. The SMILES string of the molecule is Cc1ccc(S(=O)(=O)N(C)c2ccc(C(=O)Nc3ccccc3SC(F)F)cc2)cc1. The Hall–Kier alpha value is -2.91. The zero-order valence-corrected chi connectivity index (χ0v) is 18.4. The van der Waals surface area contributed by atoms with Crippen LogP contribution in [0.3, 0.4) is 0 Å². The molecule has 0 atom stereocenters. The average Bonchev–Trinajstić information content (AvgIpc) is 2.74. The van der Waals surface area contributed by atoms with Gasteiger partial charge in [0.05, 0.1) is 16.3 Å². The highest BCUT2D eigenvalue weighted by molar-refractivity contribution is 7.99. The zero-order chi connectivity index (χ0) is 22.6. The smallest absolute Gasteiger partial charge is 0.288 e. The second-order valence-electron chi connectivity index (χ2n) is 6.66. The van der Waals surface area contributed by atoms with Gasteiger partial charge in [-0.3, -0.25) is 9.10 Å². The van der Waals surface area contributed by atoms with Gasteiger partial charge in [-0.25, -0.2) is 8.42 Å². The maximum absolute atomic E-state index is 12.8. The summed E-state index contributed by atoms with van der Waals surface area (Å²) in [5, 5.41) is 2.62. The van der Waals surface area contributed by atoms with Crippen molar-refractivity contribution < 1.29 is 22.0 Å². The van der Waals surface area contributed by atoms with Crippen LogP contribution in [0.25, 0.3) is 0 Å². The fraction of sp³-hybridized carbons (Fsp3) is 0.136. The van der Waals surface area contributed by atoms with Gasteiger partial charge in [-0.05, 0) is 55.5 Å². The van der Waals surface area contributed by atoms with E-state index >= 15 is 0 Å². The van der Waals surface area contributed by atoms with Crippen molar-refractivity contribution in [2.75, 3.05) is 16.7 Å². The van der Waals surface area contributed by atoms with E-state index in [1.165, 1.54) is 49.5 Å². The first-order valence-electron chi connectivity index (χ1n) is 9.19. The molecule has 0 spiro atoms. The Morgan fingerprint density at radius 1 is 0.968 bits per heavy atom. The third-order valence-corrected chi connectivity index (χ3v) is 7.11. The molecule has 3 rings (SSSR count). The minimum absolute atomic E-state index is 0.163. The first-order valence-corrected chi connectivity index (χ1v) is 11.5. The molecular formula is C22H20F2N2O3S2. The van der Waals surface area contributed by atoms with Gasteiger partial charge in [-0.2, -0.15) is 8.78 Å². The number of alkyl halides is 2. The van der Waals surface area contributed by atoms with Gasteiger partial charge in [-0.1, -0.05) is 41.6 Å². The van der Waals surface area contributed by atoms with Crippen LogP contribution in [0.1, 0.15) is 15.9 Å². The quantitative estimate of drug-likeness (QED) is 0.478. The highest BCUT2D eigenvalue weighted by Gasteiger charge is 2.21. The van der Waals surface area contributed by atoms with Crippen LogP contribution in [-0.4, -0.2) is 27.1 Å². The normalized spacial score (nSPS) is 11.4. The Balaban J connectivity index is 1.77. The molecule has 3 aromatic carbocycles. The number of halogens is 2. The molecule has 5 nitrogen and oxygen atoms in total. The van der Waals surface area contributed by atoms with E-state index in [0.717, 1.165) is 9.87 Å². The third kappa shape index (κ3) is 5.42. The lowest BCUT2D eigenvalue weighted by Crippen LogP contribution is -2.26. The van der Waals surface area contributed by atoms with E-state index in [9.17, 15) is 22.0 Å². The number of nitrogens with zero attached hydrogens (tertiary/aromatic N) is 1. The summed E-state index contributed by atoms with van der Waals surface area (Å²) in [5.41, 5.74) is 1.87. The fourth-order valence-corrected chi connectivity index (χ4v) is 4.58. The number of thioether (sulfide) groups is 1. The topological polar surface area (TPSA) is 66.5 Å². The van der Waals surface area contributed by atoms with Gasteiger partial charge in [-0.15, -0.1) is 0 Å². The van der Waals surface area contributed by atoms with E-state index in [1.54, 1.807) is 30.3 Å². The molecule has 0 saturated carbocycles. The highest BCUT2D eigenvalue weighted by atomic mass is 32.2. The molecule has 0 aliphatic heterocycles. The van der Waals surface area contributed by atoms with E-state index in [4.69, 9.17) is 0 Å². The van der Waals surface area contributed by atoms with Crippen LogP contribution >= 0.6 is 11.8 Å². The van der Waals surface area contributed by atoms with Gasteiger partial charge < -0.3 is 5.32 Å². The maximum atomic E-state index is 12.8. The van der Waals surface area contributed by atoms with Crippen LogP contribution < -0.4 is 9.62 Å². The van der Waals surface area contributed by atoms with Gasteiger partial charge in [0.1, 0.15) is 0 Å². The van der Waals surface area contributed by atoms with E-state index in [-0.39, 0.29) is 21.0 Å². The second kappa shape index (κ2) is 9.49. The van der Waals surface area contributed by atoms with E-state index in [2.05, 4.69) is 5.32 Å². The number of benzene rings is 3. The molecule has 0 aliphatic rings. The van der Waals surface area contributed by atoms with Crippen LogP contribution in [0.5, 0.6) is 0 Å². The molecule has 0 aromatic heterocycles. The first-order chi connectivity index (χ1) is 14.7. The van der Waals surface area contributed by atoms with Gasteiger partial charge >= 0.3 is 0 Å². The number of aryl methyl sites for hydroxylation is 1. The summed E-state index contributed by atoms with van der Waals surface area (Å²) < 4.78 is 52.2. The molecular weight excluding hydrogens is 442 g/mol. The maximum Gasteiger partial charge on any atom is 0.288 e. The second-order valence-corrected chi connectivity index (χ2v) is 9.66. The molecule has 9 heteroatoms. The Morgan fingerprint density at radius 2 is 1.58 bits per heavy atom. The molecule has 162 valence electrons. The molecule has 0 bridgehead atoms. The number of rotatable bonds is 7. The van der Waals surface area contributed by atoms with Gasteiger partial charge in [0, 0.05) is 17.5 Å². The summed E-state index contributed by atoms with van der Waals surface area (Å²) in [6, 6.07) is 18.8. The molecule has 3 aromatic rings. The van der Waals surface area contributed by atoms with Crippen LogP contribution in [-0.2, 0) is 10.0 Å². The molecule has 1 amide bonds. The van der Waals surface area contributed by atoms with Crippen molar-refractivity contribution >= 4 is 39.1 Å². The minimum atomic E-state index is -3.75. The summed E-state index contributed by atoms with van der Waals surface area (Å²) in [6.45, 7) is 1.87. The summed E-state index contributed by atoms with van der Waals surface area (Å²) >= 11 is 0.349. The van der Waals surface area contributed by atoms with E-state index < -0.39 is 21.7 Å². The number of carbonyl (C=O) groups is 1. The number of hydrogen-bond donors (Lipinski definition) is 1. The van der Waals surface area contributed by atoms with Gasteiger partial charge in [0.2, 0.25) is 0 Å². The number of para-hydroxylation sites is 1.